The topological polar surface area (TPSA) is 63.5 Å². The molecule has 1 amide bonds. The number of benzene rings is 2. The Balaban J connectivity index is 1.67. The van der Waals surface area contributed by atoms with Crippen LogP contribution in [0.2, 0.25) is 5.02 Å². The molecule has 0 aliphatic rings. The van der Waals surface area contributed by atoms with Gasteiger partial charge < -0.3 is 5.32 Å². The molecule has 2 heterocycles. The number of pyridine rings is 1. The summed E-state index contributed by atoms with van der Waals surface area (Å²) in [5.41, 5.74) is 2.13. The van der Waals surface area contributed by atoms with Gasteiger partial charge in [-0.2, -0.15) is 0 Å². The summed E-state index contributed by atoms with van der Waals surface area (Å²) in [7, 11) is 0. The van der Waals surface area contributed by atoms with Crippen molar-refractivity contribution in [3.8, 4) is 0 Å². The Hall–Kier alpha value is -3.18. The van der Waals surface area contributed by atoms with Gasteiger partial charge in [0.2, 0.25) is 0 Å². The molecule has 0 spiro atoms. The van der Waals surface area contributed by atoms with Gasteiger partial charge in [-0.1, -0.05) is 41.9 Å². The molecule has 5 nitrogen and oxygen atoms in total. The van der Waals surface area contributed by atoms with Gasteiger partial charge >= 0.3 is 0 Å². The van der Waals surface area contributed by atoms with Crippen molar-refractivity contribution in [1.29, 1.82) is 0 Å². The van der Waals surface area contributed by atoms with E-state index in [0.29, 0.717) is 33.7 Å². The molecule has 26 heavy (non-hydrogen) atoms. The standard InChI is InChI=1S/C20H14ClN3O2/c21-16-7-3-1-5-13(16)11-22-19(25)14-9-10-18-23-17-8-4-2-6-15(17)20(26)24(18)12-14/h1-10,12H,11H2,(H,22,25). The maximum Gasteiger partial charge on any atom is 0.265 e. The molecule has 0 aliphatic heterocycles. The third kappa shape index (κ3) is 2.93. The van der Waals surface area contributed by atoms with E-state index in [1.165, 1.54) is 10.6 Å². The number of para-hydroxylation sites is 1. The smallest absolute Gasteiger partial charge is 0.265 e. The van der Waals surface area contributed by atoms with Crippen LogP contribution in [0, 0.1) is 0 Å². The number of halogens is 1. The Morgan fingerprint density at radius 2 is 1.81 bits per heavy atom. The summed E-state index contributed by atoms with van der Waals surface area (Å²) in [6, 6.07) is 17.8. The number of nitrogens with one attached hydrogen (secondary N) is 1. The van der Waals surface area contributed by atoms with Crippen molar-refractivity contribution in [2.45, 2.75) is 6.54 Å². The zero-order chi connectivity index (χ0) is 18.1. The summed E-state index contributed by atoms with van der Waals surface area (Å²) >= 11 is 6.10. The molecule has 0 unspecified atom stereocenters. The predicted molar refractivity (Wildman–Crippen MR) is 102 cm³/mol. The number of carbonyl (C=O) groups is 1. The van der Waals surface area contributed by atoms with Crippen molar-refractivity contribution in [2.75, 3.05) is 0 Å². The molecule has 0 saturated carbocycles. The molecule has 2 aromatic heterocycles. The number of rotatable bonds is 3. The van der Waals surface area contributed by atoms with E-state index in [4.69, 9.17) is 11.6 Å². The number of amides is 1. The first-order chi connectivity index (χ1) is 12.6. The van der Waals surface area contributed by atoms with Crippen LogP contribution in [0.1, 0.15) is 15.9 Å². The van der Waals surface area contributed by atoms with Gasteiger partial charge in [0, 0.05) is 17.8 Å². The first-order valence-corrected chi connectivity index (χ1v) is 8.44. The maximum absolute atomic E-state index is 12.7. The highest BCUT2D eigenvalue weighted by atomic mass is 35.5. The van der Waals surface area contributed by atoms with Crippen molar-refractivity contribution in [1.82, 2.24) is 14.7 Å². The van der Waals surface area contributed by atoms with Gasteiger partial charge in [0.05, 0.1) is 16.5 Å². The molecule has 0 radical (unpaired) electrons. The van der Waals surface area contributed by atoms with E-state index in [1.54, 1.807) is 36.4 Å². The van der Waals surface area contributed by atoms with Crippen molar-refractivity contribution in [2.24, 2.45) is 0 Å². The van der Waals surface area contributed by atoms with Crippen molar-refractivity contribution in [3.05, 3.63) is 93.4 Å². The van der Waals surface area contributed by atoms with Gasteiger partial charge in [0.15, 0.2) is 0 Å². The van der Waals surface area contributed by atoms with Crippen LogP contribution in [0.15, 0.2) is 71.7 Å². The number of carbonyl (C=O) groups excluding carboxylic acids is 1. The summed E-state index contributed by atoms with van der Waals surface area (Å²) < 4.78 is 1.40. The Morgan fingerprint density at radius 1 is 1.04 bits per heavy atom. The minimum absolute atomic E-state index is 0.202. The van der Waals surface area contributed by atoms with E-state index in [-0.39, 0.29) is 11.5 Å². The zero-order valence-electron chi connectivity index (χ0n) is 13.6. The van der Waals surface area contributed by atoms with E-state index >= 15 is 0 Å². The monoisotopic (exact) mass is 363 g/mol. The lowest BCUT2D eigenvalue weighted by Gasteiger charge is -2.08. The lowest BCUT2D eigenvalue weighted by molar-refractivity contribution is 0.0950. The number of aromatic nitrogens is 2. The molecule has 4 aromatic rings. The molecule has 0 bridgehead atoms. The fourth-order valence-corrected chi connectivity index (χ4v) is 3.01. The second-order valence-corrected chi connectivity index (χ2v) is 6.26. The van der Waals surface area contributed by atoms with Crippen LogP contribution in [0.25, 0.3) is 16.6 Å². The van der Waals surface area contributed by atoms with Gasteiger partial charge in [-0.15, -0.1) is 0 Å². The lowest BCUT2D eigenvalue weighted by atomic mass is 10.2. The molecule has 2 aromatic carbocycles. The van der Waals surface area contributed by atoms with Gasteiger partial charge in [-0.05, 0) is 35.9 Å². The third-order valence-electron chi connectivity index (χ3n) is 4.17. The van der Waals surface area contributed by atoms with Crippen LogP contribution < -0.4 is 10.9 Å². The number of nitrogens with zero attached hydrogens (tertiary/aromatic N) is 2. The average Bonchev–Trinajstić information content (AvgIpc) is 2.67. The van der Waals surface area contributed by atoms with E-state index in [1.807, 2.05) is 24.3 Å². The summed E-state index contributed by atoms with van der Waals surface area (Å²) in [6.07, 6.45) is 1.51. The second-order valence-electron chi connectivity index (χ2n) is 5.85. The van der Waals surface area contributed by atoms with Crippen molar-refractivity contribution >= 4 is 34.1 Å². The van der Waals surface area contributed by atoms with E-state index in [9.17, 15) is 9.59 Å². The zero-order valence-corrected chi connectivity index (χ0v) is 14.4. The highest BCUT2D eigenvalue weighted by molar-refractivity contribution is 6.31. The number of hydrogen-bond acceptors (Lipinski definition) is 3. The Morgan fingerprint density at radius 3 is 2.65 bits per heavy atom. The van der Waals surface area contributed by atoms with Crippen molar-refractivity contribution in [3.63, 3.8) is 0 Å². The molecular formula is C20H14ClN3O2. The molecule has 128 valence electrons. The molecule has 4 rings (SSSR count). The highest BCUT2D eigenvalue weighted by Crippen LogP contribution is 2.15. The molecule has 6 heteroatoms. The molecule has 0 atom stereocenters. The van der Waals surface area contributed by atoms with Gasteiger partial charge in [-0.3, -0.25) is 14.0 Å². The minimum Gasteiger partial charge on any atom is -0.348 e. The lowest BCUT2D eigenvalue weighted by Crippen LogP contribution is -2.24. The van der Waals surface area contributed by atoms with Crippen LogP contribution in [0.3, 0.4) is 0 Å². The van der Waals surface area contributed by atoms with Crippen LogP contribution in [-0.2, 0) is 6.54 Å². The summed E-state index contributed by atoms with van der Waals surface area (Å²) in [5, 5.41) is 3.93. The molecule has 1 N–H and O–H groups in total. The minimum atomic E-state index is -0.285. The molecular weight excluding hydrogens is 350 g/mol. The van der Waals surface area contributed by atoms with E-state index < -0.39 is 0 Å². The SMILES string of the molecule is O=C(NCc1ccccc1Cl)c1ccc2nc3ccccc3c(=O)n2c1. The summed E-state index contributed by atoms with van der Waals surface area (Å²) in [5.74, 6) is -0.285. The quantitative estimate of drug-likeness (QED) is 0.567. The third-order valence-corrected chi connectivity index (χ3v) is 4.54. The molecule has 0 aliphatic carbocycles. The first kappa shape index (κ1) is 16.3. The van der Waals surface area contributed by atoms with Crippen LogP contribution in [0.4, 0.5) is 0 Å². The largest absolute Gasteiger partial charge is 0.348 e. The first-order valence-electron chi connectivity index (χ1n) is 8.06. The van der Waals surface area contributed by atoms with Gasteiger partial charge in [0.25, 0.3) is 11.5 Å². The number of fused-ring (bicyclic) bond motifs is 2. The fraction of sp³-hybridized carbons (Fsp3) is 0.0500. The normalized spacial score (nSPS) is 11.0. The van der Waals surface area contributed by atoms with Crippen LogP contribution >= 0.6 is 11.6 Å². The van der Waals surface area contributed by atoms with E-state index in [2.05, 4.69) is 10.3 Å². The summed E-state index contributed by atoms with van der Waals surface area (Å²) in [4.78, 5) is 29.6. The maximum atomic E-state index is 12.7. The van der Waals surface area contributed by atoms with Gasteiger partial charge in [-0.25, -0.2) is 4.98 Å². The second kappa shape index (κ2) is 6.61. The van der Waals surface area contributed by atoms with E-state index in [0.717, 1.165) is 5.56 Å². The molecule has 0 saturated heterocycles. The Kier molecular flexibility index (Phi) is 4.14. The number of hydrogen-bond donors (Lipinski definition) is 1. The molecule has 0 fully saturated rings. The van der Waals surface area contributed by atoms with Crippen molar-refractivity contribution < 1.29 is 4.79 Å². The summed E-state index contributed by atoms with van der Waals surface area (Å²) in [6.45, 7) is 0.307. The van der Waals surface area contributed by atoms with Crippen LogP contribution in [-0.4, -0.2) is 15.3 Å². The van der Waals surface area contributed by atoms with Gasteiger partial charge in [0.1, 0.15) is 5.65 Å². The predicted octanol–water partition coefficient (Wildman–Crippen LogP) is 3.43. The highest BCUT2D eigenvalue weighted by Gasteiger charge is 2.10. The fourth-order valence-electron chi connectivity index (χ4n) is 2.81. The average molecular weight is 364 g/mol. The van der Waals surface area contributed by atoms with Crippen LogP contribution in [0.5, 0.6) is 0 Å². The Labute approximate surface area is 153 Å². The Bertz CT molecular complexity index is 1200.